The summed E-state index contributed by atoms with van der Waals surface area (Å²) < 4.78 is 1.08. The van der Waals surface area contributed by atoms with E-state index in [1.807, 2.05) is 24.1 Å². The van der Waals surface area contributed by atoms with Crippen molar-refractivity contribution in [2.45, 2.75) is 25.3 Å². The summed E-state index contributed by atoms with van der Waals surface area (Å²) in [6.45, 7) is 0.770. The molecule has 4 heteroatoms. The summed E-state index contributed by atoms with van der Waals surface area (Å²) in [6, 6.07) is 8.46. The fraction of sp³-hybridized carbons (Fsp3) is 0.500. The zero-order valence-corrected chi connectivity index (χ0v) is 12.2. The number of nitrogens with zero attached hydrogens (tertiary/aromatic N) is 1. The highest BCUT2D eigenvalue weighted by Crippen LogP contribution is 2.27. The number of rotatable bonds is 4. The Morgan fingerprint density at radius 2 is 2.00 bits per heavy atom. The van der Waals surface area contributed by atoms with Crippen LogP contribution in [0.1, 0.15) is 18.4 Å². The van der Waals surface area contributed by atoms with Gasteiger partial charge in [0.05, 0.1) is 0 Å². The van der Waals surface area contributed by atoms with Crippen LogP contribution >= 0.6 is 15.9 Å². The number of likely N-dealkylation sites (N-methyl/N-ethyl adjacent to an activating group) is 1. The van der Waals surface area contributed by atoms with Crippen LogP contribution in [0.3, 0.4) is 0 Å². The Hall–Kier alpha value is -0.870. The Labute approximate surface area is 116 Å². The molecule has 0 heterocycles. The predicted octanol–water partition coefficient (Wildman–Crippen LogP) is 2.19. The van der Waals surface area contributed by atoms with Gasteiger partial charge >= 0.3 is 0 Å². The maximum absolute atomic E-state index is 12.0. The lowest BCUT2D eigenvalue weighted by Crippen LogP contribution is -2.46. The van der Waals surface area contributed by atoms with Gasteiger partial charge in [-0.2, -0.15) is 0 Å². The molecule has 1 amide bonds. The van der Waals surface area contributed by atoms with Gasteiger partial charge in [-0.05, 0) is 37.0 Å². The second-order valence-corrected chi connectivity index (χ2v) is 5.98. The van der Waals surface area contributed by atoms with Crippen molar-refractivity contribution < 1.29 is 4.79 Å². The molecule has 1 aliphatic rings. The van der Waals surface area contributed by atoms with E-state index in [0.717, 1.165) is 30.3 Å². The van der Waals surface area contributed by atoms with Crippen molar-refractivity contribution in [3.05, 3.63) is 34.3 Å². The van der Waals surface area contributed by atoms with Crippen molar-refractivity contribution in [3.63, 3.8) is 0 Å². The summed E-state index contributed by atoms with van der Waals surface area (Å²) in [7, 11) is 1.88. The van der Waals surface area contributed by atoms with Crippen LogP contribution in [0.15, 0.2) is 28.7 Å². The van der Waals surface area contributed by atoms with Crippen LogP contribution in [-0.2, 0) is 11.2 Å². The van der Waals surface area contributed by atoms with Crippen molar-refractivity contribution in [1.82, 2.24) is 4.90 Å². The predicted molar refractivity (Wildman–Crippen MR) is 76.2 cm³/mol. The smallest absolute Gasteiger partial charge is 0.225 e. The largest absolute Gasteiger partial charge is 0.345 e. The molecule has 1 aliphatic carbocycles. The number of hydrogen-bond donors (Lipinski definition) is 1. The maximum Gasteiger partial charge on any atom is 0.225 e. The maximum atomic E-state index is 12.0. The topological polar surface area (TPSA) is 46.3 Å². The van der Waals surface area contributed by atoms with E-state index >= 15 is 0 Å². The molecule has 3 nitrogen and oxygen atoms in total. The molecule has 1 saturated carbocycles. The third kappa shape index (κ3) is 3.33. The van der Waals surface area contributed by atoms with Gasteiger partial charge in [0, 0.05) is 30.0 Å². The molecular formula is C14H19BrN2O. The van der Waals surface area contributed by atoms with E-state index in [1.165, 1.54) is 5.56 Å². The fourth-order valence-electron chi connectivity index (χ4n) is 2.23. The highest BCUT2D eigenvalue weighted by molar-refractivity contribution is 9.10. The first-order valence-electron chi connectivity index (χ1n) is 6.31. The summed E-state index contributed by atoms with van der Waals surface area (Å²) in [5.74, 6) is 0.406. The number of hydrogen-bond acceptors (Lipinski definition) is 2. The summed E-state index contributed by atoms with van der Waals surface area (Å²) in [6.07, 6.45) is 2.59. The van der Waals surface area contributed by atoms with Crippen molar-refractivity contribution >= 4 is 21.8 Å². The fourth-order valence-corrected chi connectivity index (χ4v) is 2.50. The molecule has 1 aromatic rings. The van der Waals surface area contributed by atoms with Crippen molar-refractivity contribution in [2.75, 3.05) is 13.6 Å². The summed E-state index contributed by atoms with van der Waals surface area (Å²) in [4.78, 5) is 13.8. The number of nitrogens with two attached hydrogens (primary N) is 1. The van der Waals surface area contributed by atoms with E-state index in [2.05, 4.69) is 28.1 Å². The quantitative estimate of drug-likeness (QED) is 0.926. The van der Waals surface area contributed by atoms with Crippen LogP contribution < -0.4 is 5.73 Å². The first-order valence-corrected chi connectivity index (χ1v) is 7.10. The Bertz CT molecular complexity index is 412. The van der Waals surface area contributed by atoms with Crippen molar-refractivity contribution in [2.24, 2.45) is 11.7 Å². The minimum Gasteiger partial charge on any atom is -0.345 e. The zero-order valence-electron chi connectivity index (χ0n) is 10.6. The normalized spacial score (nSPS) is 22.4. The van der Waals surface area contributed by atoms with Gasteiger partial charge < -0.3 is 10.6 Å². The standard InChI is InChI=1S/C14H19BrN2O/c1-17(14(18)11-8-13(16)9-11)7-6-10-2-4-12(15)5-3-10/h2-5,11,13H,6-9,16H2,1H3. The first-order chi connectivity index (χ1) is 8.56. The molecule has 98 valence electrons. The van der Waals surface area contributed by atoms with E-state index in [1.54, 1.807) is 0 Å². The lowest BCUT2D eigenvalue weighted by molar-refractivity contribution is -0.137. The van der Waals surface area contributed by atoms with Gasteiger partial charge in [-0.1, -0.05) is 28.1 Å². The molecule has 0 atom stereocenters. The van der Waals surface area contributed by atoms with E-state index in [0.29, 0.717) is 0 Å². The van der Waals surface area contributed by atoms with Gasteiger partial charge in [0.1, 0.15) is 0 Å². The second-order valence-electron chi connectivity index (χ2n) is 5.06. The molecule has 0 saturated heterocycles. The van der Waals surface area contributed by atoms with Crippen LogP contribution in [0.5, 0.6) is 0 Å². The average molecular weight is 311 g/mol. The number of halogens is 1. The summed E-state index contributed by atoms with van der Waals surface area (Å²) >= 11 is 3.41. The average Bonchev–Trinajstić information content (AvgIpc) is 2.33. The monoisotopic (exact) mass is 310 g/mol. The van der Waals surface area contributed by atoms with Gasteiger partial charge in [-0.15, -0.1) is 0 Å². The Balaban J connectivity index is 1.79. The van der Waals surface area contributed by atoms with E-state index < -0.39 is 0 Å². The van der Waals surface area contributed by atoms with Gasteiger partial charge in [0.15, 0.2) is 0 Å². The molecule has 0 bridgehead atoms. The number of amides is 1. The summed E-state index contributed by atoms with van der Waals surface area (Å²) in [5, 5.41) is 0. The molecule has 2 N–H and O–H groups in total. The van der Waals surface area contributed by atoms with Gasteiger partial charge in [0.2, 0.25) is 5.91 Å². The third-order valence-electron chi connectivity index (χ3n) is 3.55. The lowest BCUT2D eigenvalue weighted by atomic mass is 9.80. The van der Waals surface area contributed by atoms with Crippen molar-refractivity contribution in [1.29, 1.82) is 0 Å². The number of carbonyl (C=O) groups is 1. The minimum absolute atomic E-state index is 0.162. The lowest BCUT2D eigenvalue weighted by Gasteiger charge is -2.34. The molecule has 2 rings (SSSR count). The molecule has 0 aromatic heterocycles. The molecule has 0 radical (unpaired) electrons. The summed E-state index contributed by atoms with van der Waals surface area (Å²) in [5.41, 5.74) is 6.96. The van der Waals surface area contributed by atoms with E-state index in [-0.39, 0.29) is 17.9 Å². The highest BCUT2D eigenvalue weighted by Gasteiger charge is 2.33. The van der Waals surface area contributed by atoms with E-state index in [4.69, 9.17) is 5.73 Å². The Morgan fingerprint density at radius 1 is 1.39 bits per heavy atom. The molecule has 0 unspecified atom stereocenters. The van der Waals surface area contributed by atoms with Gasteiger partial charge in [0.25, 0.3) is 0 Å². The molecule has 18 heavy (non-hydrogen) atoms. The SMILES string of the molecule is CN(CCc1ccc(Br)cc1)C(=O)C1CC(N)C1. The number of benzene rings is 1. The zero-order chi connectivity index (χ0) is 13.1. The second kappa shape index (κ2) is 5.85. The van der Waals surface area contributed by atoms with Crippen LogP contribution in [-0.4, -0.2) is 30.4 Å². The molecule has 0 spiro atoms. The third-order valence-corrected chi connectivity index (χ3v) is 4.08. The van der Waals surface area contributed by atoms with Gasteiger partial charge in [-0.3, -0.25) is 4.79 Å². The van der Waals surface area contributed by atoms with Crippen LogP contribution in [0.25, 0.3) is 0 Å². The molecule has 0 aliphatic heterocycles. The van der Waals surface area contributed by atoms with Crippen LogP contribution in [0.4, 0.5) is 0 Å². The van der Waals surface area contributed by atoms with Crippen LogP contribution in [0, 0.1) is 5.92 Å². The van der Waals surface area contributed by atoms with Gasteiger partial charge in [-0.25, -0.2) is 0 Å². The first kappa shape index (κ1) is 13.6. The Kier molecular flexibility index (Phi) is 4.40. The molecule has 1 aromatic carbocycles. The highest BCUT2D eigenvalue weighted by atomic mass is 79.9. The van der Waals surface area contributed by atoms with Crippen LogP contribution in [0.2, 0.25) is 0 Å². The molecule has 1 fully saturated rings. The Morgan fingerprint density at radius 3 is 2.56 bits per heavy atom. The van der Waals surface area contributed by atoms with E-state index in [9.17, 15) is 4.79 Å². The molecular weight excluding hydrogens is 292 g/mol. The van der Waals surface area contributed by atoms with Crippen molar-refractivity contribution in [3.8, 4) is 0 Å². The number of carbonyl (C=O) groups excluding carboxylic acids is 1. The minimum atomic E-state index is 0.162.